The fraction of sp³-hybridized carbons (Fsp3) is 0.136. The van der Waals surface area contributed by atoms with Crippen molar-refractivity contribution in [3.63, 3.8) is 0 Å². The first-order chi connectivity index (χ1) is 13.2. The van der Waals surface area contributed by atoms with Gasteiger partial charge in [-0.25, -0.2) is 9.63 Å². The molecule has 27 heavy (non-hydrogen) atoms. The second kappa shape index (κ2) is 9.21. The van der Waals surface area contributed by atoms with Crippen molar-refractivity contribution in [2.45, 2.75) is 12.6 Å². The molecule has 0 radical (unpaired) electrons. The molecule has 3 aromatic carbocycles. The van der Waals surface area contributed by atoms with Crippen molar-refractivity contribution < 1.29 is 14.3 Å². The molecule has 0 heterocycles. The minimum Gasteiger partial charge on any atom is -0.489 e. The molecule has 0 unspecified atom stereocenters. The van der Waals surface area contributed by atoms with E-state index in [0.717, 1.165) is 22.4 Å². The summed E-state index contributed by atoms with van der Waals surface area (Å²) in [5.41, 5.74) is 3.56. The van der Waals surface area contributed by atoms with E-state index >= 15 is 0 Å². The first-order valence-electron chi connectivity index (χ1n) is 8.52. The van der Waals surface area contributed by atoms with Gasteiger partial charge in [0.15, 0.2) is 0 Å². The number of nitrogens with one attached hydrogen (secondary N) is 1. The summed E-state index contributed by atoms with van der Waals surface area (Å²) in [4.78, 5) is 14.3. The Kier molecular flexibility index (Phi) is 6.47. The maximum absolute atomic E-state index is 11.5. The van der Waals surface area contributed by atoms with E-state index in [4.69, 9.17) is 21.3 Å². The Balaban J connectivity index is 1.69. The van der Waals surface area contributed by atoms with Crippen LogP contribution in [-0.2, 0) is 11.3 Å². The Morgan fingerprint density at radius 1 is 0.963 bits per heavy atom. The Bertz CT molecular complexity index is 882. The second-order valence-corrected chi connectivity index (χ2v) is 6.22. The predicted molar refractivity (Wildman–Crippen MR) is 106 cm³/mol. The van der Waals surface area contributed by atoms with Gasteiger partial charge in [-0.15, -0.1) is 0 Å². The van der Waals surface area contributed by atoms with Gasteiger partial charge in [0.1, 0.15) is 12.4 Å². The van der Waals surface area contributed by atoms with Crippen molar-refractivity contribution in [2.24, 2.45) is 0 Å². The van der Waals surface area contributed by atoms with Crippen molar-refractivity contribution in [3.8, 4) is 5.75 Å². The van der Waals surface area contributed by atoms with Gasteiger partial charge < -0.3 is 9.47 Å². The normalized spacial score (nSPS) is 11.6. The van der Waals surface area contributed by atoms with Gasteiger partial charge in [0.05, 0.1) is 18.7 Å². The van der Waals surface area contributed by atoms with Gasteiger partial charge in [-0.05, 0) is 52.7 Å². The fourth-order valence-electron chi connectivity index (χ4n) is 2.77. The van der Waals surface area contributed by atoms with E-state index in [2.05, 4.69) is 4.84 Å². The first kappa shape index (κ1) is 19.0. The van der Waals surface area contributed by atoms with Gasteiger partial charge in [0.25, 0.3) is 0 Å². The molecule has 0 aliphatic carbocycles. The van der Waals surface area contributed by atoms with Gasteiger partial charge >= 0.3 is 5.97 Å². The molecule has 3 rings (SSSR count). The van der Waals surface area contributed by atoms with Gasteiger partial charge in [0.2, 0.25) is 0 Å². The van der Waals surface area contributed by atoms with E-state index in [0.29, 0.717) is 12.2 Å². The van der Waals surface area contributed by atoms with E-state index in [1.54, 1.807) is 12.1 Å². The molecule has 0 aliphatic rings. The van der Waals surface area contributed by atoms with Gasteiger partial charge in [0, 0.05) is 0 Å². The van der Waals surface area contributed by atoms with Crippen molar-refractivity contribution in [1.82, 2.24) is 4.84 Å². The Hall–Kier alpha value is -2.82. The van der Waals surface area contributed by atoms with Crippen LogP contribution >= 0.6 is 11.8 Å². The largest absolute Gasteiger partial charge is 0.489 e. The maximum atomic E-state index is 11.5. The van der Waals surface area contributed by atoms with Crippen molar-refractivity contribution in [3.05, 3.63) is 101 Å². The van der Waals surface area contributed by atoms with Crippen molar-refractivity contribution in [1.29, 1.82) is 0 Å². The molecule has 138 valence electrons. The van der Waals surface area contributed by atoms with Crippen molar-refractivity contribution >= 4 is 17.7 Å². The summed E-state index contributed by atoms with van der Waals surface area (Å²) in [6.45, 7) is 0.398. The Morgan fingerprint density at radius 3 is 2.33 bits per heavy atom. The number of rotatable bonds is 7. The van der Waals surface area contributed by atoms with Crippen LogP contribution in [0.5, 0.6) is 5.75 Å². The van der Waals surface area contributed by atoms with Crippen LogP contribution in [0.4, 0.5) is 0 Å². The number of hydrogen-bond donors (Lipinski definition) is 1. The molecule has 1 atom stereocenters. The number of carbonyl (C=O) groups excluding carboxylic acids is 1. The molecule has 0 aliphatic heterocycles. The molecule has 0 spiro atoms. The highest BCUT2D eigenvalue weighted by Crippen LogP contribution is 2.26. The summed E-state index contributed by atoms with van der Waals surface area (Å²) in [5.74, 6) is 0.396. The number of benzene rings is 3. The van der Waals surface area contributed by atoms with E-state index in [1.807, 2.05) is 66.7 Å². The third-order valence-electron chi connectivity index (χ3n) is 4.21. The molecule has 0 bridgehead atoms. The lowest BCUT2D eigenvalue weighted by Gasteiger charge is -2.17. The highest BCUT2D eigenvalue weighted by molar-refractivity contribution is 6.13. The monoisotopic (exact) mass is 381 g/mol. The SMILES string of the molecule is COC(=O)c1ccc(COc2cccc([C@@H](NCl)c3ccccc3)c2)cc1. The Labute approximate surface area is 163 Å². The maximum Gasteiger partial charge on any atom is 0.337 e. The van der Waals surface area contributed by atoms with E-state index in [9.17, 15) is 4.79 Å². The lowest BCUT2D eigenvalue weighted by atomic mass is 9.99. The fourth-order valence-corrected chi connectivity index (χ4v) is 3.02. The second-order valence-electron chi connectivity index (χ2n) is 6.00. The lowest BCUT2D eigenvalue weighted by Crippen LogP contribution is -2.12. The van der Waals surface area contributed by atoms with Crippen LogP contribution in [0.25, 0.3) is 0 Å². The number of halogens is 1. The number of carbonyl (C=O) groups is 1. The predicted octanol–water partition coefficient (Wildman–Crippen LogP) is 4.89. The molecule has 0 saturated heterocycles. The lowest BCUT2D eigenvalue weighted by molar-refractivity contribution is 0.0600. The van der Waals surface area contributed by atoms with Crippen molar-refractivity contribution in [2.75, 3.05) is 7.11 Å². The van der Waals surface area contributed by atoms with Gasteiger partial charge in [-0.2, -0.15) is 0 Å². The Morgan fingerprint density at radius 2 is 1.67 bits per heavy atom. The zero-order valence-corrected chi connectivity index (χ0v) is 15.6. The number of ether oxygens (including phenoxy) is 2. The molecule has 0 amide bonds. The highest BCUT2D eigenvalue weighted by Gasteiger charge is 2.13. The average Bonchev–Trinajstić information content (AvgIpc) is 2.74. The molecule has 3 aromatic rings. The van der Waals surface area contributed by atoms with Crippen LogP contribution in [-0.4, -0.2) is 13.1 Å². The van der Waals surface area contributed by atoms with Crippen LogP contribution in [0.1, 0.15) is 33.1 Å². The van der Waals surface area contributed by atoms with Crippen LogP contribution in [0.2, 0.25) is 0 Å². The molecule has 0 fully saturated rings. The van der Waals surface area contributed by atoms with Crippen LogP contribution < -0.4 is 9.57 Å². The molecular formula is C22H20ClNO3. The summed E-state index contributed by atoms with van der Waals surface area (Å²) >= 11 is 5.99. The zero-order valence-electron chi connectivity index (χ0n) is 14.9. The van der Waals surface area contributed by atoms with Crippen LogP contribution in [0, 0.1) is 0 Å². The summed E-state index contributed by atoms with van der Waals surface area (Å²) in [6, 6.07) is 24.8. The summed E-state index contributed by atoms with van der Waals surface area (Å²) in [7, 11) is 1.37. The molecule has 4 nitrogen and oxygen atoms in total. The molecule has 0 aromatic heterocycles. The summed E-state index contributed by atoms with van der Waals surface area (Å²) < 4.78 is 10.6. The first-order valence-corrected chi connectivity index (χ1v) is 8.90. The van der Waals surface area contributed by atoms with Crippen LogP contribution in [0.15, 0.2) is 78.9 Å². The van der Waals surface area contributed by atoms with E-state index < -0.39 is 0 Å². The summed E-state index contributed by atoms with van der Waals surface area (Å²) in [6.07, 6.45) is 0. The molecule has 1 N–H and O–H groups in total. The topological polar surface area (TPSA) is 47.6 Å². The zero-order chi connectivity index (χ0) is 19.1. The standard InChI is InChI=1S/C22H20ClNO3/c1-26-22(25)18-12-10-16(11-13-18)15-27-20-9-5-8-19(14-20)21(24-23)17-6-3-2-4-7-17/h2-14,21,24H,15H2,1H3/t21-/m0/s1. The molecule has 0 saturated carbocycles. The smallest absolute Gasteiger partial charge is 0.337 e. The highest BCUT2D eigenvalue weighted by atomic mass is 35.5. The third kappa shape index (κ3) is 4.88. The number of methoxy groups -OCH3 is 1. The minimum atomic E-state index is -0.351. The molecular weight excluding hydrogens is 362 g/mol. The van der Waals surface area contributed by atoms with Gasteiger partial charge in [-0.3, -0.25) is 0 Å². The van der Waals surface area contributed by atoms with E-state index in [1.165, 1.54) is 7.11 Å². The average molecular weight is 382 g/mol. The minimum absolute atomic E-state index is 0.129. The van der Waals surface area contributed by atoms with Gasteiger partial charge in [-0.1, -0.05) is 54.6 Å². The molecule has 5 heteroatoms. The quantitative estimate of drug-likeness (QED) is 0.468. The number of hydrogen-bond acceptors (Lipinski definition) is 4. The third-order valence-corrected chi connectivity index (χ3v) is 4.43. The summed E-state index contributed by atoms with van der Waals surface area (Å²) in [5, 5.41) is 0. The van der Waals surface area contributed by atoms with Crippen LogP contribution in [0.3, 0.4) is 0 Å². The van der Waals surface area contributed by atoms with E-state index in [-0.39, 0.29) is 12.0 Å². The number of esters is 1.